The highest BCUT2D eigenvalue weighted by molar-refractivity contribution is 5.94. The summed E-state index contributed by atoms with van der Waals surface area (Å²) in [5.41, 5.74) is -0.927. The first-order chi connectivity index (χ1) is 10.6. The van der Waals surface area contributed by atoms with Gasteiger partial charge in [-0.05, 0) is 49.7 Å². The van der Waals surface area contributed by atoms with Gasteiger partial charge in [0.1, 0.15) is 11.3 Å². The third kappa shape index (κ3) is 3.33. The molecule has 23 heavy (non-hydrogen) atoms. The van der Waals surface area contributed by atoms with Gasteiger partial charge in [0, 0.05) is 5.56 Å². The summed E-state index contributed by atoms with van der Waals surface area (Å²) in [6.07, 6.45) is -4.22. The van der Waals surface area contributed by atoms with E-state index in [9.17, 15) is 26.7 Å². The van der Waals surface area contributed by atoms with Crippen LogP contribution < -0.4 is 4.74 Å². The zero-order valence-electron chi connectivity index (χ0n) is 12.1. The van der Waals surface area contributed by atoms with Crippen molar-refractivity contribution < 1.29 is 31.5 Å². The van der Waals surface area contributed by atoms with Gasteiger partial charge in [-0.3, -0.25) is 4.79 Å². The van der Waals surface area contributed by atoms with E-state index in [4.69, 9.17) is 0 Å². The first-order valence-corrected chi connectivity index (χ1v) is 6.46. The molecule has 0 atom stereocenters. The van der Waals surface area contributed by atoms with Gasteiger partial charge in [-0.25, -0.2) is 13.2 Å². The van der Waals surface area contributed by atoms with Crippen molar-refractivity contribution >= 4 is 5.78 Å². The van der Waals surface area contributed by atoms with Crippen molar-refractivity contribution in [1.82, 2.24) is 0 Å². The van der Waals surface area contributed by atoms with E-state index in [0.717, 1.165) is 6.07 Å². The summed E-state index contributed by atoms with van der Waals surface area (Å²) in [6, 6.07) is 4.51. The molecule has 0 fully saturated rings. The van der Waals surface area contributed by atoms with Gasteiger partial charge >= 0.3 is 6.11 Å². The highest BCUT2D eigenvalue weighted by Crippen LogP contribution is 2.35. The Hall–Kier alpha value is -2.44. The Balaban J connectivity index is 2.39. The second-order valence-corrected chi connectivity index (χ2v) is 4.88. The number of aryl methyl sites for hydroxylation is 1. The number of halogens is 5. The van der Waals surface area contributed by atoms with Crippen molar-refractivity contribution in [2.24, 2.45) is 0 Å². The average molecular weight is 330 g/mol. The van der Waals surface area contributed by atoms with Gasteiger partial charge < -0.3 is 4.74 Å². The van der Waals surface area contributed by atoms with E-state index in [2.05, 4.69) is 4.74 Å². The zero-order chi connectivity index (χ0) is 17.4. The first kappa shape index (κ1) is 16.9. The van der Waals surface area contributed by atoms with Crippen LogP contribution in [0.3, 0.4) is 0 Å². The summed E-state index contributed by atoms with van der Waals surface area (Å²) < 4.78 is 72.0. The minimum Gasteiger partial charge on any atom is -0.429 e. The number of carbonyl (C=O) groups excluding carboxylic acids is 1. The molecule has 0 aliphatic rings. The van der Waals surface area contributed by atoms with Gasteiger partial charge in [0.15, 0.2) is 23.2 Å². The molecular formula is C16H11F5O2. The van der Waals surface area contributed by atoms with Crippen LogP contribution in [0.1, 0.15) is 28.4 Å². The summed E-state index contributed by atoms with van der Waals surface area (Å²) in [6.45, 7) is 2.72. The van der Waals surface area contributed by atoms with E-state index in [-0.39, 0.29) is 22.7 Å². The minimum absolute atomic E-state index is 0.209. The van der Waals surface area contributed by atoms with Gasteiger partial charge in [0.05, 0.1) is 0 Å². The smallest absolute Gasteiger partial charge is 0.429 e. The van der Waals surface area contributed by atoms with Crippen molar-refractivity contribution in [2.75, 3.05) is 0 Å². The van der Waals surface area contributed by atoms with Gasteiger partial charge in [-0.2, -0.15) is 8.78 Å². The molecule has 0 bridgehead atoms. The molecular weight excluding hydrogens is 319 g/mol. The van der Waals surface area contributed by atoms with Crippen molar-refractivity contribution in [3.8, 4) is 5.75 Å². The fraction of sp³-hybridized carbons (Fsp3) is 0.188. The Bertz CT molecular complexity index is 771. The lowest BCUT2D eigenvalue weighted by atomic mass is 10.1. The average Bonchev–Trinajstić information content (AvgIpc) is 2.46. The fourth-order valence-corrected chi connectivity index (χ4v) is 1.93. The molecule has 0 N–H and O–H groups in total. The Kier molecular flexibility index (Phi) is 4.40. The molecule has 2 aromatic carbocycles. The third-order valence-corrected chi connectivity index (χ3v) is 3.17. The highest BCUT2D eigenvalue weighted by atomic mass is 19.3. The molecule has 0 heterocycles. The van der Waals surface area contributed by atoms with Crippen molar-refractivity contribution in [3.05, 3.63) is 64.5 Å². The molecule has 0 spiro atoms. The van der Waals surface area contributed by atoms with Crippen LogP contribution in [0.4, 0.5) is 22.0 Å². The number of ketones is 1. The fourth-order valence-electron chi connectivity index (χ4n) is 1.93. The monoisotopic (exact) mass is 330 g/mol. The summed E-state index contributed by atoms with van der Waals surface area (Å²) in [4.78, 5) is 11.2. The van der Waals surface area contributed by atoms with Crippen LogP contribution >= 0.6 is 0 Å². The largest absolute Gasteiger partial charge is 0.429 e. The van der Waals surface area contributed by atoms with Crippen LogP contribution in [0.25, 0.3) is 0 Å². The molecule has 0 saturated heterocycles. The quantitative estimate of drug-likeness (QED) is 0.460. The topological polar surface area (TPSA) is 26.3 Å². The lowest BCUT2D eigenvalue weighted by molar-refractivity contribution is -0.188. The van der Waals surface area contributed by atoms with E-state index in [1.807, 2.05) is 0 Å². The van der Waals surface area contributed by atoms with Gasteiger partial charge in [0.2, 0.25) is 0 Å². The lowest BCUT2D eigenvalue weighted by Gasteiger charge is -2.20. The number of Topliss-reactive ketones (excluding diaryl/α,β-unsaturated/α-hetero) is 1. The van der Waals surface area contributed by atoms with E-state index >= 15 is 0 Å². The highest BCUT2D eigenvalue weighted by Gasteiger charge is 2.39. The molecule has 0 amide bonds. The molecule has 7 heteroatoms. The van der Waals surface area contributed by atoms with E-state index in [0.29, 0.717) is 12.1 Å². The predicted molar refractivity (Wildman–Crippen MR) is 72.0 cm³/mol. The molecule has 0 radical (unpaired) electrons. The van der Waals surface area contributed by atoms with Crippen molar-refractivity contribution in [3.63, 3.8) is 0 Å². The molecule has 0 aromatic heterocycles. The Morgan fingerprint density at radius 2 is 1.70 bits per heavy atom. The maximum absolute atomic E-state index is 14.0. The number of ether oxygens (including phenoxy) is 1. The van der Waals surface area contributed by atoms with Crippen LogP contribution in [0.2, 0.25) is 0 Å². The number of rotatable bonds is 4. The molecule has 2 rings (SSSR count). The van der Waals surface area contributed by atoms with Gasteiger partial charge in [0.25, 0.3) is 0 Å². The maximum Gasteiger partial charge on any atom is 0.429 e. The summed E-state index contributed by atoms with van der Waals surface area (Å²) >= 11 is 0. The number of hydrogen-bond donors (Lipinski definition) is 0. The molecule has 0 aliphatic heterocycles. The molecule has 2 nitrogen and oxygen atoms in total. The van der Waals surface area contributed by atoms with E-state index < -0.39 is 29.1 Å². The van der Waals surface area contributed by atoms with Crippen LogP contribution in [-0.4, -0.2) is 5.78 Å². The number of carbonyl (C=O) groups is 1. The number of hydrogen-bond acceptors (Lipinski definition) is 2. The second kappa shape index (κ2) is 5.98. The summed E-state index contributed by atoms with van der Waals surface area (Å²) in [7, 11) is 0. The Morgan fingerprint density at radius 1 is 1.04 bits per heavy atom. The van der Waals surface area contributed by atoms with Crippen LogP contribution in [-0.2, 0) is 6.11 Å². The summed E-state index contributed by atoms with van der Waals surface area (Å²) in [5.74, 6) is -6.19. The van der Waals surface area contributed by atoms with Gasteiger partial charge in [-0.1, -0.05) is 0 Å². The van der Waals surface area contributed by atoms with E-state index in [1.165, 1.54) is 26.0 Å². The molecule has 2 aromatic rings. The second-order valence-electron chi connectivity index (χ2n) is 4.88. The molecule has 122 valence electrons. The zero-order valence-corrected chi connectivity index (χ0v) is 12.1. The minimum atomic E-state index is -4.22. The normalized spacial score (nSPS) is 11.4. The SMILES string of the molecule is CC(=O)c1ccc(OC(F)(F)c2ccc(F)c(F)c2F)c(C)c1. The van der Waals surface area contributed by atoms with Gasteiger partial charge in [-0.15, -0.1) is 0 Å². The molecule has 0 aliphatic carbocycles. The Morgan fingerprint density at radius 3 is 2.26 bits per heavy atom. The summed E-state index contributed by atoms with van der Waals surface area (Å²) in [5, 5.41) is 0. The predicted octanol–water partition coefficient (Wildman–Crippen LogP) is 4.74. The number of benzene rings is 2. The van der Waals surface area contributed by atoms with E-state index in [1.54, 1.807) is 0 Å². The van der Waals surface area contributed by atoms with Crippen molar-refractivity contribution in [2.45, 2.75) is 20.0 Å². The van der Waals surface area contributed by atoms with Crippen LogP contribution in [0, 0.1) is 24.4 Å². The molecule has 0 unspecified atom stereocenters. The third-order valence-electron chi connectivity index (χ3n) is 3.17. The van der Waals surface area contributed by atoms with Crippen molar-refractivity contribution in [1.29, 1.82) is 0 Å². The lowest BCUT2D eigenvalue weighted by Crippen LogP contribution is -2.24. The first-order valence-electron chi connectivity index (χ1n) is 6.46. The van der Waals surface area contributed by atoms with Crippen LogP contribution in [0.15, 0.2) is 30.3 Å². The molecule has 0 saturated carbocycles. The maximum atomic E-state index is 14.0. The van der Waals surface area contributed by atoms with Crippen LogP contribution in [0.5, 0.6) is 5.75 Å². The number of alkyl halides is 2. The Labute approximate surface area is 128 Å². The standard InChI is InChI=1S/C16H11F5O2/c1-8-7-10(9(2)22)3-6-13(8)23-16(20,21)11-4-5-12(17)15(19)14(11)18/h3-7H,1-2H3.